The lowest BCUT2D eigenvalue weighted by molar-refractivity contribution is 0.0757. The number of hydrogen-bond donors (Lipinski definition) is 1. The Morgan fingerprint density at radius 1 is 1.21 bits per heavy atom. The molecule has 3 atom stereocenters. The Labute approximate surface area is 148 Å². The van der Waals surface area contributed by atoms with E-state index < -0.39 is 0 Å². The summed E-state index contributed by atoms with van der Waals surface area (Å²) in [6, 6.07) is 11.7. The minimum atomic E-state index is 0.00598. The van der Waals surface area contributed by atoms with E-state index in [0.29, 0.717) is 17.1 Å². The molecular weight excluding hydrogens is 322 g/mol. The lowest BCUT2D eigenvalue weighted by Crippen LogP contribution is -2.42. The van der Waals surface area contributed by atoms with Crippen molar-refractivity contribution in [1.82, 2.24) is 14.7 Å². The Kier molecular flexibility index (Phi) is 4.37. The molecule has 24 heavy (non-hydrogen) atoms. The van der Waals surface area contributed by atoms with Gasteiger partial charge in [0.1, 0.15) is 0 Å². The number of hydrogen-bond acceptors (Lipinski definition) is 3. The smallest absolute Gasteiger partial charge is 0.0785 e. The van der Waals surface area contributed by atoms with Gasteiger partial charge in [0.25, 0.3) is 0 Å². The van der Waals surface area contributed by atoms with E-state index in [1.165, 1.54) is 18.4 Å². The molecule has 4 nitrogen and oxygen atoms in total. The van der Waals surface area contributed by atoms with Crippen LogP contribution in [0.5, 0.6) is 0 Å². The Morgan fingerprint density at radius 2 is 2.04 bits per heavy atom. The largest absolute Gasteiger partial charge is 0.396 e. The second kappa shape index (κ2) is 6.51. The topological polar surface area (TPSA) is 41.3 Å². The van der Waals surface area contributed by atoms with Crippen molar-refractivity contribution in [1.29, 1.82) is 0 Å². The van der Waals surface area contributed by atoms with E-state index in [1.807, 2.05) is 10.9 Å². The highest BCUT2D eigenvalue weighted by atomic mass is 35.5. The summed E-state index contributed by atoms with van der Waals surface area (Å²) >= 11 is 5.95. The van der Waals surface area contributed by atoms with Gasteiger partial charge in [-0.15, -0.1) is 0 Å². The lowest BCUT2D eigenvalue weighted by Gasteiger charge is -2.36. The van der Waals surface area contributed by atoms with Gasteiger partial charge in [0.05, 0.1) is 24.4 Å². The van der Waals surface area contributed by atoms with Gasteiger partial charge >= 0.3 is 0 Å². The molecule has 2 aromatic rings. The Hall–Kier alpha value is -1.36. The number of halogens is 1. The van der Waals surface area contributed by atoms with E-state index >= 15 is 0 Å². The van der Waals surface area contributed by atoms with Crippen molar-refractivity contribution in [3.63, 3.8) is 0 Å². The van der Waals surface area contributed by atoms with Crippen molar-refractivity contribution in [3.05, 3.63) is 53.3 Å². The fourth-order valence-electron chi connectivity index (χ4n) is 4.85. The number of aliphatic hydroxyl groups excluding tert-OH is 1. The number of nitrogens with zero attached hydrogens (tertiary/aromatic N) is 3. The molecule has 2 aliphatic heterocycles. The summed E-state index contributed by atoms with van der Waals surface area (Å²) in [5.41, 5.74) is 1.34. The molecule has 1 aromatic carbocycles. The van der Waals surface area contributed by atoms with E-state index in [-0.39, 0.29) is 12.0 Å². The summed E-state index contributed by atoms with van der Waals surface area (Å²) in [5, 5.41) is 15.2. The third kappa shape index (κ3) is 2.87. The molecule has 5 heteroatoms. The SMILES string of the molecule is OC[C@@]1(Cc2ccccc2)C[C@H]2CC[C@@H]1N2CCn1cc(Cl)cn1. The van der Waals surface area contributed by atoms with Crippen LogP contribution in [0.2, 0.25) is 5.02 Å². The highest BCUT2D eigenvalue weighted by Gasteiger charge is 2.54. The quantitative estimate of drug-likeness (QED) is 0.875. The van der Waals surface area contributed by atoms with Crippen molar-refractivity contribution in [2.24, 2.45) is 5.41 Å². The highest BCUT2D eigenvalue weighted by molar-refractivity contribution is 6.30. The number of aromatic nitrogens is 2. The third-order valence-corrected chi connectivity index (χ3v) is 6.09. The second-order valence-corrected chi connectivity index (χ2v) is 7.73. The van der Waals surface area contributed by atoms with Gasteiger partial charge < -0.3 is 5.11 Å². The molecule has 0 spiro atoms. The van der Waals surface area contributed by atoms with Gasteiger partial charge in [0, 0.05) is 30.2 Å². The van der Waals surface area contributed by atoms with Gasteiger partial charge in [-0.1, -0.05) is 41.9 Å². The molecule has 1 aromatic heterocycles. The molecule has 0 saturated carbocycles. The molecule has 0 unspecified atom stereocenters. The molecule has 2 saturated heterocycles. The average molecular weight is 346 g/mol. The molecule has 1 N–H and O–H groups in total. The highest BCUT2D eigenvalue weighted by Crippen LogP contribution is 2.51. The normalized spacial score (nSPS) is 29.4. The van der Waals surface area contributed by atoms with Crippen LogP contribution in [0.3, 0.4) is 0 Å². The summed E-state index contributed by atoms with van der Waals surface area (Å²) in [4.78, 5) is 2.61. The van der Waals surface area contributed by atoms with Crippen LogP contribution >= 0.6 is 11.6 Å². The molecular formula is C19H24ClN3O. The van der Waals surface area contributed by atoms with Crippen LogP contribution in [0.4, 0.5) is 0 Å². The molecule has 0 aliphatic carbocycles. The maximum atomic E-state index is 10.2. The molecule has 2 bridgehead atoms. The standard InChI is InChI=1S/C19H24ClN3O/c20-16-12-21-22(13-16)8-9-23-17-6-7-18(23)19(11-17,14-24)10-15-4-2-1-3-5-15/h1-5,12-13,17-18,24H,6-11,14H2/t17-,18+,19-/m1/s1. The number of benzene rings is 1. The van der Waals surface area contributed by atoms with Crippen LogP contribution in [0.15, 0.2) is 42.7 Å². The van der Waals surface area contributed by atoms with Crippen LogP contribution in [-0.4, -0.2) is 45.0 Å². The van der Waals surface area contributed by atoms with Crippen molar-refractivity contribution in [3.8, 4) is 0 Å². The summed E-state index contributed by atoms with van der Waals surface area (Å²) in [5.74, 6) is 0. The fourth-order valence-corrected chi connectivity index (χ4v) is 5.01. The minimum absolute atomic E-state index is 0.00598. The van der Waals surface area contributed by atoms with Crippen LogP contribution in [0, 0.1) is 5.41 Å². The van der Waals surface area contributed by atoms with Gasteiger partial charge in [-0.2, -0.15) is 5.10 Å². The number of aliphatic hydroxyl groups is 1. The minimum Gasteiger partial charge on any atom is -0.396 e. The maximum absolute atomic E-state index is 10.2. The van der Waals surface area contributed by atoms with Crippen LogP contribution in [-0.2, 0) is 13.0 Å². The van der Waals surface area contributed by atoms with Crippen LogP contribution in [0.1, 0.15) is 24.8 Å². The summed E-state index contributed by atoms with van der Waals surface area (Å²) in [7, 11) is 0. The van der Waals surface area contributed by atoms with Gasteiger partial charge in [-0.25, -0.2) is 0 Å². The lowest BCUT2D eigenvalue weighted by atomic mass is 9.70. The molecule has 2 aliphatic rings. The van der Waals surface area contributed by atoms with Crippen molar-refractivity contribution < 1.29 is 5.11 Å². The van der Waals surface area contributed by atoms with E-state index in [1.54, 1.807) is 6.20 Å². The van der Waals surface area contributed by atoms with Crippen molar-refractivity contribution in [2.45, 2.75) is 44.3 Å². The maximum Gasteiger partial charge on any atom is 0.0785 e. The zero-order valence-corrected chi connectivity index (χ0v) is 14.6. The van der Waals surface area contributed by atoms with E-state index in [9.17, 15) is 5.11 Å². The number of rotatable bonds is 6. The van der Waals surface area contributed by atoms with E-state index in [2.05, 4.69) is 40.3 Å². The van der Waals surface area contributed by atoms with Gasteiger partial charge in [0.15, 0.2) is 0 Å². The predicted octanol–water partition coefficient (Wildman–Crippen LogP) is 2.99. The first-order valence-electron chi connectivity index (χ1n) is 8.79. The molecule has 3 heterocycles. The van der Waals surface area contributed by atoms with Crippen LogP contribution in [0.25, 0.3) is 0 Å². The summed E-state index contributed by atoms with van der Waals surface area (Å²) in [6.07, 6.45) is 8.08. The van der Waals surface area contributed by atoms with E-state index in [0.717, 1.165) is 25.9 Å². The van der Waals surface area contributed by atoms with Crippen molar-refractivity contribution >= 4 is 11.6 Å². The Bertz CT molecular complexity index is 689. The second-order valence-electron chi connectivity index (χ2n) is 7.29. The monoisotopic (exact) mass is 345 g/mol. The zero-order chi connectivity index (χ0) is 16.6. The predicted molar refractivity (Wildman–Crippen MR) is 95.0 cm³/mol. The first kappa shape index (κ1) is 16.1. The third-order valence-electron chi connectivity index (χ3n) is 5.89. The van der Waals surface area contributed by atoms with Crippen LogP contribution < -0.4 is 0 Å². The first-order chi connectivity index (χ1) is 11.7. The van der Waals surface area contributed by atoms with E-state index in [4.69, 9.17) is 11.6 Å². The molecule has 0 radical (unpaired) electrons. The zero-order valence-electron chi connectivity index (χ0n) is 13.8. The Morgan fingerprint density at radius 3 is 2.75 bits per heavy atom. The first-order valence-corrected chi connectivity index (χ1v) is 9.16. The fraction of sp³-hybridized carbons (Fsp3) is 0.526. The molecule has 2 fully saturated rings. The van der Waals surface area contributed by atoms with Crippen molar-refractivity contribution in [2.75, 3.05) is 13.2 Å². The summed E-state index contributed by atoms with van der Waals surface area (Å²) in [6.45, 7) is 2.10. The molecule has 0 amide bonds. The molecule has 4 rings (SSSR count). The summed E-state index contributed by atoms with van der Waals surface area (Å²) < 4.78 is 1.91. The Balaban J connectivity index is 1.48. The average Bonchev–Trinajstić information content (AvgIpc) is 3.27. The van der Waals surface area contributed by atoms with Gasteiger partial charge in [0.2, 0.25) is 0 Å². The van der Waals surface area contributed by atoms with Gasteiger partial charge in [-0.05, 0) is 31.2 Å². The number of fused-ring (bicyclic) bond motifs is 2. The molecule has 128 valence electrons. The van der Waals surface area contributed by atoms with Gasteiger partial charge in [-0.3, -0.25) is 9.58 Å².